The van der Waals surface area contributed by atoms with E-state index in [0.717, 1.165) is 22.6 Å². The summed E-state index contributed by atoms with van der Waals surface area (Å²) in [5, 5.41) is 3.34. The van der Waals surface area contributed by atoms with E-state index in [1.807, 2.05) is 43.3 Å². The van der Waals surface area contributed by atoms with E-state index in [4.69, 9.17) is 25.8 Å². The minimum absolute atomic E-state index is 0.195. The van der Waals surface area contributed by atoms with Crippen LogP contribution in [0.2, 0.25) is 5.02 Å². The van der Waals surface area contributed by atoms with Gasteiger partial charge in [-0.05, 0) is 82.5 Å². The first-order valence-corrected chi connectivity index (χ1v) is 10.8. The fourth-order valence-electron chi connectivity index (χ4n) is 2.78. The van der Waals surface area contributed by atoms with Crippen molar-refractivity contribution in [2.45, 2.75) is 6.92 Å². The number of amides is 1. The number of ether oxygens (including phenoxy) is 3. The zero-order valence-corrected chi connectivity index (χ0v) is 20.2. The van der Waals surface area contributed by atoms with E-state index in [1.54, 1.807) is 31.5 Å². The lowest BCUT2D eigenvalue weighted by molar-refractivity contribution is -0.118. The fourth-order valence-corrected chi connectivity index (χ4v) is 3.53. The van der Waals surface area contributed by atoms with E-state index >= 15 is 0 Å². The van der Waals surface area contributed by atoms with E-state index in [0.29, 0.717) is 26.7 Å². The van der Waals surface area contributed by atoms with Gasteiger partial charge in [0.2, 0.25) is 0 Å². The van der Waals surface area contributed by atoms with Crippen molar-refractivity contribution in [2.24, 2.45) is 4.99 Å². The Bertz CT molecular complexity index is 1130. The highest BCUT2D eigenvalue weighted by molar-refractivity contribution is 9.10. The standard InChI is InChI=1S/C24H22BrClN2O4/c1-15-4-5-18(12-21(15)26)28-23(29)14-32-24-20(25)10-16(11-22(24)31-3)13-27-17-6-8-19(30-2)9-7-17/h4-13H,14H2,1-3H3,(H,28,29). The number of rotatable bonds is 8. The molecule has 0 spiro atoms. The Morgan fingerprint density at radius 2 is 1.84 bits per heavy atom. The minimum Gasteiger partial charge on any atom is -0.497 e. The van der Waals surface area contributed by atoms with E-state index in [1.165, 1.54) is 7.11 Å². The summed E-state index contributed by atoms with van der Waals surface area (Å²) in [4.78, 5) is 16.8. The number of hydrogen-bond donors (Lipinski definition) is 1. The normalized spacial score (nSPS) is 10.8. The zero-order chi connectivity index (χ0) is 23.1. The molecule has 166 valence electrons. The molecule has 1 amide bonds. The van der Waals surface area contributed by atoms with E-state index in [2.05, 4.69) is 26.2 Å². The van der Waals surface area contributed by atoms with Gasteiger partial charge >= 0.3 is 0 Å². The molecule has 32 heavy (non-hydrogen) atoms. The van der Waals surface area contributed by atoms with Gasteiger partial charge in [-0.1, -0.05) is 17.7 Å². The predicted octanol–water partition coefficient (Wildman–Crippen LogP) is 6.20. The third-order valence-corrected chi connectivity index (χ3v) is 5.49. The van der Waals surface area contributed by atoms with Gasteiger partial charge in [0.1, 0.15) is 5.75 Å². The van der Waals surface area contributed by atoms with Crippen LogP contribution in [0.4, 0.5) is 11.4 Å². The minimum atomic E-state index is -0.316. The van der Waals surface area contributed by atoms with Crippen molar-refractivity contribution >= 4 is 51.0 Å². The Morgan fingerprint density at radius 1 is 1.09 bits per heavy atom. The van der Waals surface area contributed by atoms with Crippen molar-refractivity contribution in [3.63, 3.8) is 0 Å². The molecule has 3 aromatic carbocycles. The molecule has 6 nitrogen and oxygen atoms in total. The molecule has 0 fully saturated rings. The Morgan fingerprint density at radius 3 is 2.50 bits per heavy atom. The van der Waals surface area contributed by atoms with Crippen LogP contribution in [0.3, 0.4) is 0 Å². The number of aryl methyl sites for hydroxylation is 1. The number of anilines is 1. The fraction of sp³-hybridized carbons (Fsp3) is 0.167. The molecular formula is C24H22BrClN2O4. The van der Waals surface area contributed by atoms with Gasteiger partial charge in [0.05, 0.1) is 24.4 Å². The van der Waals surface area contributed by atoms with Gasteiger partial charge < -0.3 is 19.5 Å². The summed E-state index contributed by atoms with van der Waals surface area (Å²) in [5.41, 5.74) is 3.13. The maximum absolute atomic E-state index is 12.3. The Kier molecular flexibility index (Phi) is 8.14. The molecule has 0 unspecified atom stereocenters. The highest BCUT2D eigenvalue weighted by Gasteiger charge is 2.13. The van der Waals surface area contributed by atoms with Gasteiger partial charge in [0.15, 0.2) is 18.1 Å². The van der Waals surface area contributed by atoms with Crippen molar-refractivity contribution in [3.8, 4) is 17.2 Å². The average Bonchev–Trinajstić information content (AvgIpc) is 2.79. The van der Waals surface area contributed by atoms with Crippen LogP contribution in [0.1, 0.15) is 11.1 Å². The van der Waals surface area contributed by atoms with Gasteiger partial charge in [-0.3, -0.25) is 9.79 Å². The summed E-state index contributed by atoms with van der Waals surface area (Å²) < 4.78 is 17.0. The maximum atomic E-state index is 12.3. The van der Waals surface area contributed by atoms with Crippen molar-refractivity contribution in [1.29, 1.82) is 0 Å². The second-order valence-electron chi connectivity index (χ2n) is 6.79. The summed E-state index contributed by atoms with van der Waals surface area (Å²) in [6.07, 6.45) is 1.71. The van der Waals surface area contributed by atoms with Crippen LogP contribution >= 0.6 is 27.5 Å². The van der Waals surface area contributed by atoms with Crippen molar-refractivity contribution in [2.75, 3.05) is 26.1 Å². The summed E-state index contributed by atoms with van der Waals surface area (Å²) in [6, 6.07) is 16.3. The first-order valence-electron chi connectivity index (χ1n) is 9.64. The lowest BCUT2D eigenvalue weighted by atomic mass is 10.2. The maximum Gasteiger partial charge on any atom is 0.262 e. The SMILES string of the molecule is COc1ccc(N=Cc2cc(Br)c(OCC(=O)Nc3ccc(C)c(Cl)c3)c(OC)c2)cc1. The van der Waals surface area contributed by atoms with Crippen LogP contribution in [0.15, 0.2) is 64.1 Å². The van der Waals surface area contributed by atoms with E-state index < -0.39 is 0 Å². The number of aliphatic imine (C=N–C) groups is 1. The Labute approximate surface area is 200 Å². The quantitative estimate of drug-likeness (QED) is 0.361. The number of nitrogens with one attached hydrogen (secondary N) is 1. The van der Waals surface area contributed by atoms with E-state index in [9.17, 15) is 4.79 Å². The average molecular weight is 518 g/mol. The third kappa shape index (κ3) is 6.24. The number of carbonyl (C=O) groups is 1. The van der Waals surface area contributed by atoms with Crippen LogP contribution in [0.5, 0.6) is 17.2 Å². The lowest BCUT2D eigenvalue weighted by Gasteiger charge is -2.13. The van der Waals surface area contributed by atoms with Gasteiger partial charge in [-0.25, -0.2) is 0 Å². The van der Waals surface area contributed by atoms with Crippen molar-refractivity contribution < 1.29 is 19.0 Å². The Hall–Kier alpha value is -3.03. The van der Waals surface area contributed by atoms with Crippen molar-refractivity contribution in [1.82, 2.24) is 0 Å². The Balaban J connectivity index is 1.68. The molecule has 0 aliphatic heterocycles. The number of nitrogens with zero attached hydrogens (tertiary/aromatic N) is 1. The molecule has 0 aliphatic rings. The monoisotopic (exact) mass is 516 g/mol. The number of carbonyl (C=O) groups excluding carboxylic acids is 1. The molecule has 0 bridgehead atoms. The van der Waals surface area contributed by atoms with Gasteiger partial charge in [0.25, 0.3) is 5.91 Å². The third-order valence-electron chi connectivity index (χ3n) is 4.49. The van der Waals surface area contributed by atoms with E-state index in [-0.39, 0.29) is 12.5 Å². The summed E-state index contributed by atoms with van der Waals surface area (Å²) >= 11 is 9.59. The molecular weight excluding hydrogens is 496 g/mol. The summed E-state index contributed by atoms with van der Waals surface area (Å²) in [6.45, 7) is 1.70. The molecule has 1 N–H and O–H groups in total. The summed E-state index contributed by atoms with van der Waals surface area (Å²) in [7, 11) is 3.15. The molecule has 3 rings (SSSR count). The molecule has 0 atom stereocenters. The van der Waals surface area contributed by atoms with Crippen LogP contribution in [0.25, 0.3) is 0 Å². The molecule has 0 aliphatic carbocycles. The van der Waals surface area contributed by atoms with Crippen LogP contribution in [0, 0.1) is 6.92 Å². The van der Waals surface area contributed by atoms with Gasteiger partial charge in [0, 0.05) is 16.9 Å². The van der Waals surface area contributed by atoms with Crippen LogP contribution in [-0.2, 0) is 4.79 Å². The highest BCUT2D eigenvalue weighted by atomic mass is 79.9. The molecule has 0 heterocycles. The number of methoxy groups -OCH3 is 2. The van der Waals surface area contributed by atoms with Crippen LogP contribution < -0.4 is 19.5 Å². The second-order valence-corrected chi connectivity index (χ2v) is 8.05. The zero-order valence-electron chi connectivity index (χ0n) is 17.8. The van der Waals surface area contributed by atoms with Gasteiger partial charge in [-0.15, -0.1) is 0 Å². The summed E-state index contributed by atoms with van der Waals surface area (Å²) in [5.74, 6) is 1.35. The van der Waals surface area contributed by atoms with Crippen LogP contribution in [-0.4, -0.2) is 32.9 Å². The molecule has 3 aromatic rings. The second kappa shape index (κ2) is 11.0. The first kappa shape index (κ1) is 23.6. The molecule has 0 aromatic heterocycles. The van der Waals surface area contributed by atoms with Gasteiger partial charge in [-0.2, -0.15) is 0 Å². The molecule has 0 saturated heterocycles. The number of halogens is 2. The number of benzene rings is 3. The number of hydrogen-bond acceptors (Lipinski definition) is 5. The first-order chi connectivity index (χ1) is 15.4. The lowest BCUT2D eigenvalue weighted by Crippen LogP contribution is -2.20. The molecule has 0 radical (unpaired) electrons. The largest absolute Gasteiger partial charge is 0.497 e. The highest BCUT2D eigenvalue weighted by Crippen LogP contribution is 2.36. The molecule has 0 saturated carbocycles. The molecule has 8 heteroatoms. The van der Waals surface area contributed by atoms with Crippen molar-refractivity contribution in [3.05, 3.63) is 75.2 Å². The smallest absolute Gasteiger partial charge is 0.262 e. The predicted molar refractivity (Wildman–Crippen MR) is 131 cm³/mol. The topological polar surface area (TPSA) is 69.2 Å².